The molecule has 0 aliphatic rings. The van der Waals surface area contributed by atoms with Gasteiger partial charge in [-0.15, -0.1) is 0 Å². The highest BCUT2D eigenvalue weighted by atomic mass is 16.5. The molecule has 0 saturated carbocycles. The maximum Gasteiger partial charge on any atom is 0.119 e. The lowest BCUT2D eigenvalue weighted by Crippen LogP contribution is -1.92. The minimum absolute atomic E-state index is 0.370. The van der Waals surface area contributed by atoms with E-state index in [1.165, 1.54) is 0 Å². The molecule has 0 N–H and O–H groups in total. The van der Waals surface area contributed by atoms with Crippen molar-refractivity contribution in [2.24, 2.45) is 5.11 Å². The molecule has 4 nitrogen and oxygen atoms in total. The van der Waals surface area contributed by atoms with E-state index in [-0.39, 0.29) is 0 Å². The van der Waals surface area contributed by atoms with Crippen molar-refractivity contribution < 1.29 is 4.74 Å². The third kappa shape index (κ3) is 4.18. The van der Waals surface area contributed by atoms with E-state index in [4.69, 9.17) is 10.3 Å². The minimum Gasteiger partial charge on any atom is -0.490 e. The second-order valence-corrected chi connectivity index (χ2v) is 2.51. The largest absolute Gasteiger partial charge is 0.490 e. The zero-order chi connectivity index (χ0) is 10.1. The van der Waals surface area contributed by atoms with Crippen LogP contribution in [0.3, 0.4) is 0 Å². The van der Waals surface area contributed by atoms with Crippen molar-refractivity contribution in [2.45, 2.75) is 0 Å². The molecule has 0 spiro atoms. The Hall–Kier alpha value is -1.93. The molecule has 72 valence electrons. The van der Waals surface area contributed by atoms with E-state index in [9.17, 15) is 0 Å². The van der Waals surface area contributed by atoms with Gasteiger partial charge in [0.1, 0.15) is 12.4 Å². The maximum absolute atomic E-state index is 7.99. The molecule has 1 aromatic carbocycles. The van der Waals surface area contributed by atoms with Gasteiger partial charge in [-0.2, -0.15) is 0 Å². The number of azide groups is 1. The summed E-state index contributed by atoms with van der Waals surface area (Å²) in [6, 6.07) is 9.55. The van der Waals surface area contributed by atoms with Crippen LogP contribution in [0.4, 0.5) is 0 Å². The van der Waals surface area contributed by atoms with Crippen LogP contribution in [-0.2, 0) is 0 Å². The second-order valence-electron chi connectivity index (χ2n) is 2.51. The average molecular weight is 189 g/mol. The normalized spacial score (nSPS) is 9.71. The predicted octanol–water partition coefficient (Wildman–Crippen LogP) is 2.93. The maximum atomic E-state index is 7.99. The van der Waals surface area contributed by atoms with Gasteiger partial charge in [0.15, 0.2) is 0 Å². The van der Waals surface area contributed by atoms with Gasteiger partial charge in [0, 0.05) is 11.5 Å². The summed E-state index contributed by atoms with van der Waals surface area (Å²) >= 11 is 0. The van der Waals surface area contributed by atoms with Gasteiger partial charge in [-0.3, -0.25) is 0 Å². The zero-order valence-corrected chi connectivity index (χ0v) is 7.71. The number of para-hydroxylation sites is 1. The molecule has 0 radical (unpaired) electrons. The smallest absolute Gasteiger partial charge is 0.119 e. The van der Waals surface area contributed by atoms with Gasteiger partial charge in [0.2, 0.25) is 0 Å². The molecule has 0 unspecified atom stereocenters. The van der Waals surface area contributed by atoms with Crippen molar-refractivity contribution in [3.8, 4) is 5.75 Å². The third-order valence-corrected chi connectivity index (χ3v) is 1.51. The highest BCUT2D eigenvalue weighted by Crippen LogP contribution is 2.07. The Kier molecular flexibility index (Phi) is 4.77. The van der Waals surface area contributed by atoms with Gasteiger partial charge >= 0.3 is 0 Å². The standard InChI is InChI=1S/C10H11N3O/c11-13-12-8-4-5-9-14-10-6-2-1-3-7-10/h1-7H,8-9H2/b5-4+. The number of ether oxygens (including phenoxy) is 1. The Labute approximate surface area is 82.4 Å². The van der Waals surface area contributed by atoms with Gasteiger partial charge in [0.05, 0.1) is 0 Å². The van der Waals surface area contributed by atoms with Crippen LogP contribution >= 0.6 is 0 Å². The predicted molar refractivity (Wildman–Crippen MR) is 55.1 cm³/mol. The molecule has 0 amide bonds. The van der Waals surface area contributed by atoms with E-state index in [1.54, 1.807) is 6.08 Å². The second kappa shape index (κ2) is 6.57. The molecule has 0 heterocycles. The van der Waals surface area contributed by atoms with Crippen LogP contribution in [0.2, 0.25) is 0 Å². The van der Waals surface area contributed by atoms with Crippen molar-refractivity contribution >= 4 is 0 Å². The number of hydrogen-bond donors (Lipinski definition) is 0. The van der Waals surface area contributed by atoms with Crippen LogP contribution in [0.1, 0.15) is 0 Å². The third-order valence-electron chi connectivity index (χ3n) is 1.51. The van der Waals surface area contributed by atoms with Gasteiger partial charge in [-0.05, 0) is 17.7 Å². The van der Waals surface area contributed by atoms with E-state index in [1.807, 2.05) is 36.4 Å². The fourth-order valence-corrected chi connectivity index (χ4v) is 0.887. The van der Waals surface area contributed by atoms with Crippen molar-refractivity contribution in [3.05, 3.63) is 52.9 Å². The van der Waals surface area contributed by atoms with Crippen molar-refractivity contribution in [1.29, 1.82) is 0 Å². The van der Waals surface area contributed by atoms with Gasteiger partial charge in [0.25, 0.3) is 0 Å². The first kappa shape index (κ1) is 10.2. The van der Waals surface area contributed by atoms with E-state index >= 15 is 0 Å². The lowest BCUT2D eigenvalue weighted by Gasteiger charge is -2.00. The molecular weight excluding hydrogens is 178 g/mol. The Morgan fingerprint density at radius 1 is 1.29 bits per heavy atom. The SMILES string of the molecule is [N-]=[N+]=NC/C=C/COc1ccccc1. The van der Waals surface area contributed by atoms with Crippen LogP contribution in [0.5, 0.6) is 5.75 Å². The Morgan fingerprint density at radius 3 is 2.79 bits per heavy atom. The lowest BCUT2D eigenvalue weighted by atomic mass is 10.3. The summed E-state index contributed by atoms with van der Waals surface area (Å²) in [5.74, 6) is 0.834. The zero-order valence-electron chi connectivity index (χ0n) is 7.71. The first-order valence-electron chi connectivity index (χ1n) is 4.27. The summed E-state index contributed by atoms with van der Waals surface area (Å²) in [6.07, 6.45) is 3.59. The summed E-state index contributed by atoms with van der Waals surface area (Å²) in [6.45, 7) is 0.861. The average Bonchev–Trinajstić information content (AvgIpc) is 2.25. The van der Waals surface area contributed by atoms with Crippen LogP contribution in [0.15, 0.2) is 47.6 Å². The molecule has 1 aromatic rings. The molecule has 0 aliphatic heterocycles. The summed E-state index contributed by atoms with van der Waals surface area (Å²) < 4.78 is 5.36. The van der Waals surface area contributed by atoms with Crippen molar-refractivity contribution in [1.82, 2.24) is 0 Å². The molecular formula is C10H11N3O. The molecule has 0 fully saturated rings. The molecule has 0 bridgehead atoms. The molecule has 0 atom stereocenters. The quantitative estimate of drug-likeness (QED) is 0.304. The fraction of sp³-hybridized carbons (Fsp3) is 0.200. The fourth-order valence-electron chi connectivity index (χ4n) is 0.887. The van der Waals surface area contributed by atoms with Crippen molar-refractivity contribution in [3.63, 3.8) is 0 Å². The number of hydrogen-bond acceptors (Lipinski definition) is 2. The highest BCUT2D eigenvalue weighted by Gasteiger charge is 1.86. The molecule has 0 aromatic heterocycles. The lowest BCUT2D eigenvalue weighted by molar-refractivity contribution is 0.362. The minimum atomic E-state index is 0.370. The van der Waals surface area contributed by atoms with Gasteiger partial charge < -0.3 is 4.74 Å². The summed E-state index contributed by atoms with van der Waals surface area (Å²) in [5.41, 5.74) is 7.99. The van der Waals surface area contributed by atoms with Crippen LogP contribution in [0, 0.1) is 0 Å². The topological polar surface area (TPSA) is 58.0 Å². The first-order chi connectivity index (χ1) is 6.93. The van der Waals surface area contributed by atoms with E-state index in [0.717, 1.165) is 5.75 Å². The Bertz CT molecular complexity index is 328. The van der Waals surface area contributed by atoms with E-state index < -0.39 is 0 Å². The highest BCUT2D eigenvalue weighted by molar-refractivity contribution is 5.21. The summed E-state index contributed by atoms with van der Waals surface area (Å²) in [4.78, 5) is 2.62. The number of rotatable bonds is 5. The molecule has 1 rings (SSSR count). The van der Waals surface area contributed by atoms with E-state index in [0.29, 0.717) is 13.2 Å². The number of benzene rings is 1. The molecule has 0 saturated heterocycles. The van der Waals surface area contributed by atoms with Crippen LogP contribution < -0.4 is 4.74 Å². The molecule has 4 heteroatoms. The first-order valence-corrected chi connectivity index (χ1v) is 4.27. The summed E-state index contributed by atoms with van der Waals surface area (Å²) in [7, 11) is 0. The number of nitrogens with zero attached hydrogens (tertiary/aromatic N) is 3. The van der Waals surface area contributed by atoms with E-state index in [2.05, 4.69) is 10.0 Å². The Morgan fingerprint density at radius 2 is 2.07 bits per heavy atom. The van der Waals surface area contributed by atoms with Crippen LogP contribution in [-0.4, -0.2) is 13.2 Å². The molecule has 14 heavy (non-hydrogen) atoms. The molecule has 0 aliphatic carbocycles. The summed E-state index contributed by atoms with van der Waals surface area (Å²) in [5, 5.41) is 3.35. The van der Waals surface area contributed by atoms with Gasteiger partial charge in [-0.1, -0.05) is 35.5 Å². The Balaban J connectivity index is 2.22. The van der Waals surface area contributed by atoms with Gasteiger partial charge in [-0.25, -0.2) is 0 Å². The van der Waals surface area contributed by atoms with Crippen molar-refractivity contribution in [2.75, 3.05) is 13.2 Å². The monoisotopic (exact) mass is 189 g/mol. The van der Waals surface area contributed by atoms with Crippen LogP contribution in [0.25, 0.3) is 10.4 Å².